The van der Waals surface area contributed by atoms with Crippen LogP contribution >= 0.6 is 32.2 Å². The van der Waals surface area contributed by atoms with Crippen molar-refractivity contribution in [2.24, 2.45) is 0 Å². The zero-order chi connectivity index (χ0) is 6.62. The van der Waals surface area contributed by atoms with E-state index in [4.69, 9.17) is 0 Å². The topological polar surface area (TPSA) is 43.4 Å². The molecule has 0 aliphatic heterocycles. The van der Waals surface area contributed by atoms with Gasteiger partial charge >= 0.3 is 0 Å². The molecule has 0 heterocycles. The average molecular weight is 268 g/mol. The van der Waals surface area contributed by atoms with Gasteiger partial charge in [-0.1, -0.05) is 15.9 Å². The molecule has 6 heteroatoms. The molecular weight excluding hydrogens is 264 g/mol. The van der Waals surface area contributed by atoms with Crippen LogP contribution in [0.1, 0.15) is 0 Å². The summed E-state index contributed by atoms with van der Waals surface area (Å²) in [5.74, 6) is -0.0156. The van der Waals surface area contributed by atoms with Gasteiger partial charge in [0.25, 0.3) is 10.1 Å². The van der Waals surface area contributed by atoms with Crippen molar-refractivity contribution in [3.63, 3.8) is 0 Å². The molecule has 0 aromatic heterocycles. The van der Waals surface area contributed by atoms with Gasteiger partial charge in [-0.25, -0.2) is 0 Å². The molecule has 0 saturated carbocycles. The summed E-state index contributed by atoms with van der Waals surface area (Å²) in [5.41, 5.74) is 0. The predicted molar refractivity (Wildman–Crippen MR) is 37.6 cm³/mol. The molecular formula is C2H4Br2O3S. The molecule has 3 nitrogen and oxygen atoms in total. The normalized spacial score (nSPS) is 11.8. The first kappa shape index (κ1) is 8.87. The molecule has 0 amide bonds. The number of halogens is 2. The van der Waals surface area contributed by atoms with Crippen molar-refractivity contribution in [2.75, 3.05) is 11.1 Å². The Kier molecular flexibility index (Phi) is 4.23. The molecule has 0 bridgehead atoms. The molecule has 0 spiro atoms. The van der Waals surface area contributed by atoms with Crippen LogP contribution in [-0.4, -0.2) is 19.5 Å². The third-order valence-corrected chi connectivity index (χ3v) is 3.45. The highest BCUT2D eigenvalue weighted by molar-refractivity contribution is 9.09. The van der Waals surface area contributed by atoms with Gasteiger partial charge in [0.15, 0.2) is 0 Å². The smallest absolute Gasteiger partial charge is 0.199 e. The Labute approximate surface area is 65.1 Å². The van der Waals surface area contributed by atoms with Gasteiger partial charge < -0.3 is 0 Å². The van der Waals surface area contributed by atoms with Crippen molar-refractivity contribution < 1.29 is 11.7 Å². The monoisotopic (exact) mass is 266 g/mol. The van der Waals surface area contributed by atoms with Gasteiger partial charge in [0.2, 0.25) is 0 Å². The van der Waals surface area contributed by atoms with Crippen molar-refractivity contribution in [1.29, 1.82) is 0 Å². The molecule has 8 heavy (non-hydrogen) atoms. The van der Waals surface area contributed by atoms with E-state index in [2.05, 4.69) is 35.5 Å². The summed E-state index contributed by atoms with van der Waals surface area (Å²) >= 11 is 5.31. The van der Waals surface area contributed by atoms with E-state index in [0.717, 1.165) is 0 Å². The second-order valence-electron chi connectivity index (χ2n) is 1.01. The molecule has 50 valence electrons. The summed E-state index contributed by atoms with van der Waals surface area (Å²) in [6, 6.07) is 0. The van der Waals surface area contributed by atoms with Gasteiger partial charge in [-0.3, -0.25) is 0 Å². The van der Waals surface area contributed by atoms with E-state index in [-0.39, 0.29) is 5.75 Å². The number of hydrogen-bond donors (Lipinski definition) is 0. The predicted octanol–water partition coefficient (Wildman–Crippen LogP) is 1.04. The second kappa shape index (κ2) is 3.81. The molecule has 0 fully saturated rings. The van der Waals surface area contributed by atoms with Crippen LogP contribution in [0, 0.1) is 0 Å². The molecule has 0 aliphatic rings. The molecule has 0 aromatic rings. The fourth-order valence-electron chi connectivity index (χ4n) is 0.126. The quantitative estimate of drug-likeness (QED) is 0.718. The Bertz CT molecular complexity index is 139. The first-order valence-electron chi connectivity index (χ1n) is 1.71. The largest absolute Gasteiger partial charge is 0.278 e. The van der Waals surface area contributed by atoms with E-state index in [1.54, 1.807) is 0 Å². The van der Waals surface area contributed by atoms with Crippen LogP contribution in [0.4, 0.5) is 0 Å². The summed E-state index contributed by atoms with van der Waals surface area (Å²) in [4.78, 5) is 0. The highest BCUT2D eigenvalue weighted by Gasteiger charge is 2.06. The van der Waals surface area contributed by atoms with E-state index in [9.17, 15) is 8.42 Å². The Hall–Kier alpha value is 0.870. The zero-order valence-corrected chi connectivity index (χ0v) is 7.79. The van der Waals surface area contributed by atoms with Crippen LogP contribution in [0.25, 0.3) is 0 Å². The van der Waals surface area contributed by atoms with Gasteiger partial charge in [0.05, 0.1) is 5.75 Å². The van der Waals surface area contributed by atoms with E-state index < -0.39 is 10.1 Å². The zero-order valence-electron chi connectivity index (χ0n) is 3.80. The molecule has 0 rings (SSSR count). The maximum absolute atomic E-state index is 10.3. The molecule has 0 radical (unpaired) electrons. The summed E-state index contributed by atoms with van der Waals surface area (Å²) in [5, 5.41) is 0.390. The molecule has 0 unspecified atom stereocenters. The first-order chi connectivity index (χ1) is 3.62. The third-order valence-electron chi connectivity index (χ3n) is 0.423. The highest BCUT2D eigenvalue weighted by Crippen LogP contribution is 1.99. The van der Waals surface area contributed by atoms with E-state index >= 15 is 0 Å². The molecule has 0 saturated heterocycles. The van der Waals surface area contributed by atoms with Crippen molar-refractivity contribution in [3.05, 3.63) is 0 Å². The van der Waals surface area contributed by atoms with Crippen LogP contribution in [0.2, 0.25) is 0 Å². The Morgan fingerprint density at radius 2 is 2.00 bits per heavy atom. The SMILES string of the molecule is O=S(=O)(CCBr)OBr. The molecule has 0 atom stereocenters. The highest BCUT2D eigenvalue weighted by atomic mass is 79.9. The fourth-order valence-corrected chi connectivity index (χ4v) is 1.96. The van der Waals surface area contributed by atoms with Crippen LogP contribution in [0.15, 0.2) is 0 Å². The summed E-state index contributed by atoms with van der Waals surface area (Å²) in [7, 11) is -3.30. The lowest BCUT2D eigenvalue weighted by atomic mass is 11.0. The van der Waals surface area contributed by atoms with Gasteiger partial charge in [0.1, 0.15) is 16.3 Å². The Morgan fingerprint density at radius 1 is 1.50 bits per heavy atom. The maximum atomic E-state index is 10.3. The lowest BCUT2D eigenvalue weighted by Crippen LogP contribution is -2.05. The maximum Gasteiger partial charge on any atom is 0.278 e. The van der Waals surface area contributed by atoms with Crippen molar-refractivity contribution in [1.82, 2.24) is 0 Å². The number of rotatable bonds is 3. The fraction of sp³-hybridized carbons (Fsp3) is 1.00. The molecule has 0 aromatic carbocycles. The summed E-state index contributed by atoms with van der Waals surface area (Å²) < 4.78 is 24.5. The first-order valence-corrected chi connectivity index (χ1v) is 5.06. The van der Waals surface area contributed by atoms with Crippen molar-refractivity contribution in [2.45, 2.75) is 0 Å². The molecule has 0 aliphatic carbocycles. The lowest BCUT2D eigenvalue weighted by molar-refractivity contribution is 0.529. The second-order valence-corrected chi connectivity index (χ2v) is 4.25. The summed E-state index contributed by atoms with van der Waals surface area (Å²) in [6.45, 7) is 0. The minimum Gasteiger partial charge on any atom is -0.199 e. The standard InChI is InChI=1S/C2H4Br2O3S/c3-1-2-8(5,6)7-4/h1-2H2. The van der Waals surface area contributed by atoms with Crippen molar-refractivity contribution in [3.8, 4) is 0 Å². The molecule has 0 N–H and O–H groups in total. The van der Waals surface area contributed by atoms with Crippen LogP contribution in [0.5, 0.6) is 0 Å². The van der Waals surface area contributed by atoms with Gasteiger partial charge in [-0.15, -0.1) is 0 Å². The third kappa shape index (κ3) is 3.82. The van der Waals surface area contributed by atoms with E-state index in [1.807, 2.05) is 0 Å². The number of hydrogen-bond acceptors (Lipinski definition) is 3. The van der Waals surface area contributed by atoms with Gasteiger partial charge in [-0.2, -0.15) is 11.7 Å². The lowest BCUT2D eigenvalue weighted by Gasteiger charge is -1.91. The van der Waals surface area contributed by atoms with Crippen molar-refractivity contribution >= 4 is 42.3 Å². The van der Waals surface area contributed by atoms with E-state index in [0.29, 0.717) is 5.33 Å². The van der Waals surface area contributed by atoms with Crippen LogP contribution in [0.3, 0.4) is 0 Å². The van der Waals surface area contributed by atoms with E-state index in [1.165, 1.54) is 0 Å². The average Bonchev–Trinajstić information content (AvgIpc) is 1.67. The minimum atomic E-state index is -3.30. The Morgan fingerprint density at radius 3 is 2.12 bits per heavy atom. The number of alkyl halides is 1. The Balaban J connectivity index is 3.76. The summed E-state index contributed by atoms with van der Waals surface area (Å²) in [6.07, 6.45) is 0. The van der Waals surface area contributed by atoms with Crippen LogP contribution < -0.4 is 0 Å². The van der Waals surface area contributed by atoms with Crippen LogP contribution in [-0.2, 0) is 13.4 Å². The van der Waals surface area contributed by atoms with Gasteiger partial charge in [-0.05, 0) is 0 Å². The van der Waals surface area contributed by atoms with Gasteiger partial charge in [0, 0.05) is 5.33 Å². The minimum absolute atomic E-state index is 0.0156.